The van der Waals surface area contributed by atoms with Crippen molar-refractivity contribution in [1.82, 2.24) is 0 Å². The molecule has 0 unspecified atom stereocenters. The van der Waals surface area contributed by atoms with Crippen molar-refractivity contribution in [2.75, 3.05) is 12.0 Å². The standard InChI is InChI=1S/C16H9Cl6NO3/c1-26-7-5-3-2-4-6(7)23-12(24)8-9(13(23)25)15(20)11(18)10(17)14(8,19)16(15,21)22/h2-5,8-9H,1H3/t8-,9+,14-,15-/m0/s1. The minimum absolute atomic E-state index is 0.120. The molecule has 2 fully saturated rings. The van der Waals surface area contributed by atoms with Crippen molar-refractivity contribution < 1.29 is 14.3 Å². The van der Waals surface area contributed by atoms with E-state index in [-0.39, 0.29) is 15.8 Å². The molecule has 0 spiro atoms. The van der Waals surface area contributed by atoms with Crippen molar-refractivity contribution in [3.63, 3.8) is 0 Å². The molecule has 1 aromatic rings. The Bertz CT molecular complexity index is 856. The van der Waals surface area contributed by atoms with E-state index in [1.807, 2.05) is 0 Å². The lowest BCUT2D eigenvalue weighted by Crippen LogP contribution is -2.50. The van der Waals surface area contributed by atoms with Gasteiger partial charge < -0.3 is 4.74 Å². The molecule has 3 aliphatic rings. The van der Waals surface area contributed by atoms with Crippen molar-refractivity contribution in [3.05, 3.63) is 34.3 Å². The highest BCUT2D eigenvalue weighted by atomic mass is 35.5. The van der Waals surface area contributed by atoms with Crippen molar-refractivity contribution in [2.24, 2.45) is 11.8 Å². The summed E-state index contributed by atoms with van der Waals surface area (Å²) in [4.78, 5) is 23.8. The summed E-state index contributed by atoms with van der Waals surface area (Å²) in [5.74, 6) is -3.22. The van der Waals surface area contributed by atoms with Gasteiger partial charge in [-0.25, -0.2) is 4.90 Å². The van der Waals surface area contributed by atoms with Gasteiger partial charge in [0.15, 0.2) is 4.33 Å². The average Bonchev–Trinajstić information content (AvgIpc) is 2.99. The van der Waals surface area contributed by atoms with Gasteiger partial charge in [-0.3, -0.25) is 9.59 Å². The number of rotatable bonds is 2. The molecule has 10 heteroatoms. The van der Waals surface area contributed by atoms with Crippen LogP contribution in [-0.2, 0) is 9.59 Å². The van der Waals surface area contributed by atoms with Gasteiger partial charge in [0.05, 0.1) is 34.7 Å². The number of carbonyl (C=O) groups is 2. The minimum Gasteiger partial charge on any atom is -0.495 e. The first kappa shape index (κ1) is 19.0. The van der Waals surface area contributed by atoms with Crippen LogP contribution in [0.3, 0.4) is 0 Å². The molecule has 26 heavy (non-hydrogen) atoms. The van der Waals surface area contributed by atoms with Crippen LogP contribution in [0.4, 0.5) is 5.69 Å². The fourth-order valence-electron chi connectivity index (χ4n) is 4.05. The van der Waals surface area contributed by atoms with Crippen molar-refractivity contribution in [3.8, 4) is 5.75 Å². The van der Waals surface area contributed by atoms with Crippen molar-refractivity contribution in [1.29, 1.82) is 0 Å². The predicted octanol–water partition coefficient (Wildman–Crippen LogP) is 4.65. The Morgan fingerprint density at radius 3 is 1.85 bits per heavy atom. The summed E-state index contributed by atoms with van der Waals surface area (Å²) in [5.41, 5.74) is 0.265. The number of para-hydroxylation sites is 2. The normalized spacial score (nSPS) is 37.6. The van der Waals surface area contributed by atoms with Crippen LogP contribution in [0.15, 0.2) is 34.3 Å². The lowest BCUT2D eigenvalue weighted by atomic mass is 9.84. The summed E-state index contributed by atoms with van der Waals surface area (Å²) in [5, 5.41) is -0.241. The van der Waals surface area contributed by atoms with Crippen LogP contribution in [0.25, 0.3) is 0 Å². The summed E-state index contributed by atoms with van der Waals surface area (Å²) in [6.45, 7) is 0. The van der Waals surface area contributed by atoms with Gasteiger partial charge in [0.25, 0.3) is 0 Å². The molecule has 1 aliphatic heterocycles. The number of amides is 2. The summed E-state index contributed by atoms with van der Waals surface area (Å²) in [6.07, 6.45) is 0. The van der Waals surface area contributed by atoms with E-state index in [1.165, 1.54) is 7.11 Å². The third-order valence-electron chi connectivity index (χ3n) is 5.23. The molecular formula is C16H9Cl6NO3. The van der Waals surface area contributed by atoms with Gasteiger partial charge in [0.1, 0.15) is 15.5 Å². The smallest absolute Gasteiger partial charge is 0.240 e. The van der Waals surface area contributed by atoms with Gasteiger partial charge in [-0.15, -0.1) is 23.2 Å². The van der Waals surface area contributed by atoms with Gasteiger partial charge in [0.2, 0.25) is 11.8 Å². The molecule has 1 saturated carbocycles. The molecule has 0 radical (unpaired) electrons. The van der Waals surface area contributed by atoms with Crippen molar-refractivity contribution >= 4 is 87.1 Å². The Hall–Kier alpha value is -0.360. The number of ether oxygens (including phenoxy) is 1. The lowest BCUT2D eigenvalue weighted by molar-refractivity contribution is -0.123. The fraction of sp³-hybridized carbons (Fsp3) is 0.375. The second-order valence-electron chi connectivity index (χ2n) is 6.26. The average molecular weight is 476 g/mol. The van der Waals surface area contributed by atoms with Crippen LogP contribution in [-0.4, -0.2) is 33.0 Å². The first-order valence-electron chi connectivity index (χ1n) is 7.39. The highest BCUT2D eigenvalue weighted by Gasteiger charge is 2.87. The predicted molar refractivity (Wildman–Crippen MR) is 103 cm³/mol. The van der Waals surface area contributed by atoms with E-state index in [0.29, 0.717) is 5.75 Å². The van der Waals surface area contributed by atoms with E-state index < -0.39 is 37.7 Å². The number of imide groups is 1. The summed E-state index contributed by atoms with van der Waals surface area (Å²) < 4.78 is 3.31. The monoisotopic (exact) mass is 473 g/mol. The van der Waals surface area contributed by atoms with Gasteiger partial charge >= 0.3 is 0 Å². The number of fused-ring (bicyclic) bond motifs is 5. The number of nitrogens with zero attached hydrogens (tertiary/aromatic N) is 1. The Morgan fingerprint density at radius 1 is 0.923 bits per heavy atom. The maximum atomic E-state index is 13.2. The fourth-order valence-corrected chi connectivity index (χ4v) is 6.98. The number of halogens is 6. The van der Waals surface area contributed by atoms with Gasteiger partial charge in [-0.1, -0.05) is 58.5 Å². The number of carbonyl (C=O) groups excluding carboxylic acids is 2. The largest absolute Gasteiger partial charge is 0.495 e. The Morgan fingerprint density at radius 2 is 1.38 bits per heavy atom. The number of alkyl halides is 4. The van der Waals surface area contributed by atoms with E-state index >= 15 is 0 Å². The number of benzene rings is 1. The Labute approximate surface area is 178 Å². The van der Waals surface area contributed by atoms with Gasteiger partial charge in [-0.2, -0.15) is 0 Å². The molecule has 2 aliphatic carbocycles. The molecule has 1 saturated heterocycles. The SMILES string of the molecule is COc1ccccc1N1C(=O)[C@@H]2[C@H](C1=O)[C@]1(Cl)C(Cl)=C(Cl)[C@]2(Cl)C1(Cl)Cl. The summed E-state index contributed by atoms with van der Waals surface area (Å²) in [6, 6.07) is 6.57. The van der Waals surface area contributed by atoms with Crippen LogP contribution in [0, 0.1) is 11.8 Å². The molecule has 4 nitrogen and oxygen atoms in total. The van der Waals surface area contributed by atoms with E-state index in [2.05, 4.69) is 0 Å². The molecule has 4 rings (SSSR count). The lowest BCUT2D eigenvalue weighted by Gasteiger charge is -2.34. The summed E-state index contributed by atoms with van der Waals surface area (Å²) >= 11 is 38.7. The molecule has 0 aromatic heterocycles. The summed E-state index contributed by atoms with van der Waals surface area (Å²) in [7, 11) is 1.43. The van der Waals surface area contributed by atoms with E-state index in [9.17, 15) is 9.59 Å². The Kier molecular flexibility index (Phi) is 4.08. The third-order valence-corrected chi connectivity index (χ3v) is 9.49. The molecule has 1 aromatic carbocycles. The van der Waals surface area contributed by atoms with E-state index in [1.54, 1.807) is 24.3 Å². The third kappa shape index (κ3) is 1.77. The Balaban J connectivity index is 1.93. The second-order valence-corrected chi connectivity index (χ2v) is 9.54. The van der Waals surface area contributed by atoms with Crippen LogP contribution < -0.4 is 9.64 Å². The maximum Gasteiger partial charge on any atom is 0.240 e. The van der Waals surface area contributed by atoms with Crippen LogP contribution in [0.2, 0.25) is 0 Å². The van der Waals surface area contributed by atoms with Gasteiger partial charge in [-0.05, 0) is 12.1 Å². The molecular weight excluding hydrogens is 467 g/mol. The van der Waals surface area contributed by atoms with E-state index in [4.69, 9.17) is 74.3 Å². The molecule has 2 bridgehead atoms. The molecule has 1 heterocycles. The number of allylic oxidation sites excluding steroid dienone is 2. The number of hydrogen-bond donors (Lipinski definition) is 0. The zero-order valence-corrected chi connectivity index (χ0v) is 17.4. The number of methoxy groups -OCH3 is 1. The zero-order valence-electron chi connectivity index (χ0n) is 12.9. The van der Waals surface area contributed by atoms with Crippen LogP contribution in [0.5, 0.6) is 5.75 Å². The molecule has 4 atom stereocenters. The molecule has 0 N–H and O–H groups in total. The first-order chi connectivity index (χ1) is 12.1. The number of hydrogen-bond acceptors (Lipinski definition) is 3. The second kappa shape index (κ2) is 5.59. The topological polar surface area (TPSA) is 46.6 Å². The molecule has 138 valence electrons. The highest BCUT2D eigenvalue weighted by Crippen LogP contribution is 2.77. The maximum absolute atomic E-state index is 13.2. The minimum atomic E-state index is -1.94. The van der Waals surface area contributed by atoms with E-state index in [0.717, 1.165) is 4.90 Å². The van der Waals surface area contributed by atoms with Crippen molar-refractivity contribution in [2.45, 2.75) is 14.1 Å². The number of anilines is 1. The first-order valence-corrected chi connectivity index (χ1v) is 9.66. The highest BCUT2D eigenvalue weighted by molar-refractivity contribution is 6.67. The van der Waals surface area contributed by atoms with Crippen LogP contribution in [0.1, 0.15) is 0 Å². The molecule has 2 amide bonds. The van der Waals surface area contributed by atoms with Gasteiger partial charge in [0, 0.05) is 0 Å². The van der Waals surface area contributed by atoms with Crippen LogP contribution >= 0.6 is 69.6 Å². The quantitative estimate of drug-likeness (QED) is 0.462. The zero-order chi connectivity index (χ0) is 19.2.